The number of imide groups is 1. The number of anilines is 1. The summed E-state index contributed by atoms with van der Waals surface area (Å²) in [6.45, 7) is 2.57. The molecule has 32 heavy (non-hydrogen) atoms. The largest absolute Gasteiger partial charge is 0.492 e. The van der Waals surface area contributed by atoms with Crippen molar-refractivity contribution < 1.29 is 18.7 Å². The molecule has 0 radical (unpaired) electrons. The lowest BCUT2D eigenvalue weighted by Gasteiger charge is -2.16. The summed E-state index contributed by atoms with van der Waals surface area (Å²) in [6.07, 6.45) is 0.540. The first-order valence-corrected chi connectivity index (χ1v) is 10.5. The Labute approximate surface area is 186 Å². The second-order valence-electron chi connectivity index (χ2n) is 7.31. The van der Waals surface area contributed by atoms with Crippen molar-refractivity contribution in [2.75, 3.05) is 18.5 Å². The molecule has 1 N–H and O–H groups in total. The number of benzene rings is 3. The fraction of sp³-hybridized carbons (Fsp3) is 0.154. The van der Waals surface area contributed by atoms with Crippen LogP contribution in [0.15, 0.2) is 84.6 Å². The lowest BCUT2D eigenvalue weighted by atomic mass is 10.0. The maximum Gasteiger partial charge on any atom is 0.278 e. The summed E-state index contributed by atoms with van der Waals surface area (Å²) >= 11 is 0. The number of rotatable bonds is 8. The molecule has 0 atom stereocenters. The van der Waals surface area contributed by atoms with Gasteiger partial charge in [0.1, 0.15) is 17.3 Å². The second kappa shape index (κ2) is 9.47. The third kappa shape index (κ3) is 4.39. The number of carbonyl (C=O) groups excluding carboxylic acids is 2. The van der Waals surface area contributed by atoms with Crippen LogP contribution in [0.2, 0.25) is 0 Å². The molecule has 0 saturated heterocycles. The summed E-state index contributed by atoms with van der Waals surface area (Å²) in [5, 5.41) is 3.11. The van der Waals surface area contributed by atoms with Crippen molar-refractivity contribution in [3.63, 3.8) is 0 Å². The van der Waals surface area contributed by atoms with Crippen LogP contribution < -0.4 is 10.1 Å². The molecule has 0 unspecified atom stereocenters. The van der Waals surface area contributed by atoms with E-state index >= 15 is 0 Å². The van der Waals surface area contributed by atoms with E-state index in [1.165, 1.54) is 29.2 Å². The zero-order valence-corrected chi connectivity index (χ0v) is 17.7. The fourth-order valence-corrected chi connectivity index (χ4v) is 3.65. The van der Waals surface area contributed by atoms with Crippen LogP contribution in [0.4, 0.5) is 10.1 Å². The van der Waals surface area contributed by atoms with Gasteiger partial charge in [0.2, 0.25) is 0 Å². The number of para-hydroxylation sites is 2. The molecule has 1 aliphatic rings. The highest BCUT2D eigenvalue weighted by Gasteiger charge is 2.39. The topological polar surface area (TPSA) is 58.6 Å². The van der Waals surface area contributed by atoms with E-state index in [-0.39, 0.29) is 17.8 Å². The van der Waals surface area contributed by atoms with E-state index in [1.54, 1.807) is 12.1 Å². The first-order valence-electron chi connectivity index (χ1n) is 10.5. The molecule has 3 aromatic carbocycles. The molecule has 162 valence electrons. The minimum absolute atomic E-state index is 0.154. The Morgan fingerprint density at radius 1 is 0.875 bits per heavy atom. The molecule has 0 aromatic heterocycles. The van der Waals surface area contributed by atoms with Gasteiger partial charge < -0.3 is 10.1 Å². The summed E-state index contributed by atoms with van der Waals surface area (Å²) in [5.41, 5.74) is 2.45. The van der Waals surface area contributed by atoms with Gasteiger partial charge in [-0.3, -0.25) is 14.5 Å². The maximum atomic E-state index is 13.5. The molecule has 4 rings (SSSR count). The summed E-state index contributed by atoms with van der Waals surface area (Å²) in [7, 11) is 0. The molecule has 0 saturated carbocycles. The van der Waals surface area contributed by atoms with Gasteiger partial charge in [0.25, 0.3) is 11.8 Å². The molecule has 1 aliphatic heterocycles. The summed E-state index contributed by atoms with van der Waals surface area (Å²) in [5.74, 6) is -0.669. The molecule has 0 aliphatic carbocycles. The SMILES string of the molecule is CCOc1ccccc1NC1=C(c2ccc(F)cc2)C(=O)N(CCc2ccccc2)C1=O. The number of ether oxygens (including phenoxy) is 1. The van der Waals surface area contributed by atoms with Gasteiger partial charge in [0, 0.05) is 6.54 Å². The predicted octanol–water partition coefficient (Wildman–Crippen LogP) is 4.66. The van der Waals surface area contributed by atoms with Gasteiger partial charge in [0.15, 0.2) is 0 Å². The highest BCUT2D eigenvalue weighted by atomic mass is 19.1. The average Bonchev–Trinajstić information content (AvgIpc) is 3.04. The highest BCUT2D eigenvalue weighted by molar-refractivity contribution is 6.36. The van der Waals surface area contributed by atoms with Crippen molar-refractivity contribution in [2.45, 2.75) is 13.3 Å². The van der Waals surface area contributed by atoms with E-state index in [2.05, 4.69) is 5.32 Å². The number of halogens is 1. The van der Waals surface area contributed by atoms with Gasteiger partial charge in [-0.1, -0.05) is 54.6 Å². The third-order valence-corrected chi connectivity index (χ3v) is 5.21. The van der Waals surface area contributed by atoms with Gasteiger partial charge in [-0.05, 0) is 48.7 Å². The van der Waals surface area contributed by atoms with Gasteiger partial charge in [-0.2, -0.15) is 0 Å². The Hall–Kier alpha value is -3.93. The zero-order valence-electron chi connectivity index (χ0n) is 17.7. The molecule has 0 spiro atoms. The summed E-state index contributed by atoms with van der Waals surface area (Å²) < 4.78 is 19.2. The maximum absolute atomic E-state index is 13.5. The van der Waals surface area contributed by atoms with Gasteiger partial charge in [0.05, 0.1) is 17.9 Å². The molecule has 5 nitrogen and oxygen atoms in total. The van der Waals surface area contributed by atoms with Crippen LogP contribution in [-0.4, -0.2) is 29.9 Å². The molecule has 3 aromatic rings. The van der Waals surface area contributed by atoms with Crippen LogP contribution in [0.1, 0.15) is 18.1 Å². The fourth-order valence-electron chi connectivity index (χ4n) is 3.65. The number of nitrogens with one attached hydrogen (secondary N) is 1. The molecule has 0 fully saturated rings. The van der Waals surface area contributed by atoms with Crippen LogP contribution in [-0.2, 0) is 16.0 Å². The third-order valence-electron chi connectivity index (χ3n) is 5.21. The Bertz CT molecular complexity index is 1160. The van der Waals surface area contributed by atoms with Gasteiger partial charge in [-0.25, -0.2) is 4.39 Å². The number of hydrogen-bond donors (Lipinski definition) is 1. The molecule has 6 heteroatoms. The van der Waals surface area contributed by atoms with Crippen LogP contribution in [0.25, 0.3) is 5.57 Å². The van der Waals surface area contributed by atoms with Crippen molar-refractivity contribution in [1.29, 1.82) is 0 Å². The van der Waals surface area contributed by atoms with Crippen molar-refractivity contribution in [3.05, 3.63) is 102 Å². The van der Waals surface area contributed by atoms with E-state index in [9.17, 15) is 14.0 Å². The number of carbonyl (C=O) groups is 2. The van der Waals surface area contributed by atoms with E-state index in [1.807, 2.05) is 49.4 Å². The minimum atomic E-state index is -0.420. The first-order chi connectivity index (χ1) is 15.6. The number of amides is 2. The first kappa shape index (κ1) is 21.3. The monoisotopic (exact) mass is 430 g/mol. The quantitative estimate of drug-likeness (QED) is 0.528. The molecular formula is C26H23FN2O3. The van der Waals surface area contributed by atoms with Crippen LogP contribution in [0, 0.1) is 5.82 Å². The Kier molecular flexibility index (Phi) is 6.31. The highest BCUT2D eigenvalue weighted by Crippen LogP contribution is 2.33. The number of nitrogens with zero attached hydrogens (tertiary/aromatic N) is 1. The van der Waals surface area contributed by atoms with E-state index in [0.29, 0.717) is 30.0 Å². The zero-order chi connectivity index (χ0) is 22.5. The van der Waals surface area contributed by atoms with Crippen LogP contribution >= 0.6 is 0 Å². The lowest BCUT2D eigenvalue weighted by molar-refractivity contribution is -0.136. The van der Waals surface area contributed by atoms with E-state index in [4.69, 9.17) is 4.74 Å². The van der Waals surface area contributed by atoms with Gasteiger partial charge in [-0.15, -0.1) is 0 Å². The summed E-state index contributed by atoms with van der Waals surface area (Å²) in [6, 6.07) is 22.5. The summed E-state index contributed by atoms with van der Waals surface area (Å²) in [4.78, 5) is 27.9. The molecular weight excluding hydrogens is 407 g/mol. The predicted molar refractivity (Wildman–Crippen MR) is 121 cm³/mol. The smallest absolute Gasteiger partial charge is 0.278 e. The standard InChI is InChI=1S/C26H23FN2O3/c1-2-32-22-11-7-6-10-21(22)28-24-23(19-12-14-20(27)15-13-19)25(30)29(26(24)31)17-16-18-8-4-3-5-9-18/h3-15,28H,2,16-17H2,1H3. The molecule has 2 amide bonds. The van der Waals surface area contributed by atoms with Crippen LogP contribution in [0.3, 0.4) is 0 Å². The lowest BCUT2D eigenvalue weighted by Crippen LogP contribution is -2.34. The Morgan fingerprint density at radius 2 is 1.56 bits per heavy atom. The van der Waals surface area contributed by atoms with Crippen LogP contribution in [0.5, 0.6) is 5.75 Å². The van der Waals surface area contributed by atoms with Crippen molar-refractivity contribution in [2.24, 2.45) is 0 Å². The van der Waals surface area contributed by atoms with Crippen molar-refractivity contribution in [1.82, 2.24) is 4.90 Å². The Balaban J connectivity index is 1.69. The molecule has 1 heterocycles. The van der Waals surface area contributed by atoms with E-state index in [0.717, 1.165) is 5.56 Å². The van der Waals surface area contributed by atoms with Crippen molar-refractivity contribution >= 4 is 23.1 Å². The minimum Gasteiger partial charge on any atom is -0.492 e. The average molecular weight is 430 g/mol. The normalized spacial score (nSPS) is 13.6. The molecule has 0 bridgehead atoms. The number of hydrogen-bond acceptors (Lipinski definition) is 4. The Morgan fingerprint density at radius 3 is 2.28 bits per heavy atom. The van der Waals surface area contributed by atoms with Gasteiger partial charge >= 0.3 is 0 Å². The second-order valence-corrected chi connectivity index (χ2v) is 7.31. The van der Waals surface area contributed by atoms with Crippen molar-refractivity contribution in [3.8, 4) is 5.75 Å². The van der Waals surface area contributed by atoms with E-state index < -0.39 is 17.6 Å².